The molecule has 4 rings (SSSR count). The van der Waals surface area contributed by atoms with Crippen molar-refractivity contribution in [2.75, 3.05) is 18.5 Å². The van der Waals surface area contributed by atoms with Crippen molar-refractivity contribution in [2.45, 2.75) is 61.5 Å². The van der Waals surface area contributed by atoms with E-state index in [4.69, 9.17) is 9.47 Å². The maximum absolute atomic E-state index is 15.1. The number of carbonyl (C=O) groups excluding carboxylic acids is 1. The maximum atomic E-state index is 15.1. The number of carbonyl (C=O) groups is 1. The number of anilines is 1. The Bertz CT molecular complexity index is 1140. The molecule has 1 heterocycles. The molecule has 0 unspecified atom stereocenters. The Morgan fingerprint density at radius 2 is 1.94 bits per heavy atom. The fourth-order valence-electron chi connectivity index (χ4n) is 4.36. The number of pyridine rings is 1. The highest BCUT2D eigenvalue weighted by molar-refractivity contribution is 7.92. The molecule has 2 aliphatic carbocycles. The quantitative estimate of drug-likeness (QED) is 0.304. The average Bonchev–Trinajstić information content (AvgIpc) is 3.63. The molecule has 2 aromatic rings. The van der Waals surface area contributed by atoms with E-state index in [1.54, 1.807) is 0 Å². The first kappa shape index (κ1) is 24.3. The Morgan fingerprint density at radius 3 is 2.65 bits per heavy atom. The highest BCUT2D eigenvalue weighted by Gasteiger charge is 2.35. The second-order valence-electron chi connectivity index (χ2n) is 8.70. The Balaban J connectivity index is 1.60. The van der Waals surface area contributed by atoms with Crippen LogP contribution in [0, 0.1) is 11.8 Å². The van der Waals surface area contributed by atoms with Crippen LogP contribution in [0.15, 0.2) is 35.2 Å². The molecule has 1 aromatic carbocycles. The fourth-order valence-corrected chi connectivity index (χ4v) is 5.45. The number of aromatic nitrogens is 1. The number of nitrogens with one attached hydrogen (secondary N) is 1. The van der Waals surface area contributed by atoms with Crippen molar-refractivity contribution in [3.8, 4) is 5.75 Å². The maximum Gasteiger partial charge on any atom is 0.294 e. The third kappa shape index (κ3) is 5.64. The van der Waals surface area contributed by atoms with Crippen LogP contribution in [-0.2, 0) is 19.6 Å². The van der Waals surface area contributed by atoms with E-state index in [9.17, 15) is 17.6 Å². The summed E-state index contributed by atoms with van der Waals surface area (Å²) < 4.78 is 67.5. The normalized spacial score (nSPS) is 20.7. The van der Waals surface area contributed by atoms with Gasteiger partial charge < -0.3 is 9.47 Å². The zero-order chi connectivity index (χ0) is 24.3. The van der Waals surface area contributed by atoms with Gasteiger partial charge in [0.15, 0.2) is 0 Å². The van der Waals surface area contributed by atoms with E-state index in [-0.39, 0.29) is 30.6 Å². The van der Waals surface area contributed by atoms with E-state index in [1.807, 2.05) is 11.9 Å². The SMILES string of the molecule is CN(COC=O)[C@H]1CCCC[C@@H]1Oc1cc(F)c(S(=O)(=O)Nc2cccc(F)n2)cc1C1CC1. The molecule has 0 amide bonds. The van der Waals surface area contributed by atoms with Gasteiger partial charge in [-0.1, -0.05) is 12.5 Å². The van der Waals surface area contributed by atoms with Crippen molar-refractivity contribution in [1.29, 1.82) is 0 Å². The Labute approximate surface area is 197 Å². The smallest absolute Gasteiger partial charge is 0.294 e. The van der Waals surface area contributed by atoms with Crippen molar-refractivity contribution in [1.82, 2.24) is 9.88 Å². The number of halogens is 2. The van der Waals surface area contributed by atoms with E-state index in [2.05, 4.69) is 9.71 Å². The molecular weight excluding hydrogens is 468 g/mol. The summed E-state index contributed by atoms with van der Waals surface area (Å²) in [6.07, 6.45) is 4.96. The number of hydrogen-bond donors (Lipinski definition) is 1. The summed E-state index contributed by atoms with van der Waals surface area (Å²) in [6.45, 7) is 0.511. The van der Waals surface area contributed by atoms with Crippen LogP contribution in [-0.4, -0.2) is 50.7 Å². The molecule has 8 nitrogen and oxygen atoms in total. The lowest BCUT2D eigenvalue weighted by molar-refractivity contribution is -0.134. The van der Waals surface area contributed by atoms with Gasteiger partial charge in [0.25, 0.3) is 16.5 Å². The van der Waals surface area contributed by atoms with E-state index in [0.717, 1.165) is 50.7 Å². The minimum atomic E-state index is -4.34. The predicted molar refractivity (Wildman–Crippen MR) is 120 cm³/mol. The predicted octanol–water partition coefficient (Wildman–Crippen LogP) is 3.79. The van der Waals surface area contributed by atoms with Crippen molar-refractivity contribution >= 4 is 22.3 Å². The van der Waals surface area contributed by atoms with E-state index < -0.39 is 26.7 Å². The summed E-state index contributed by atoms with van der Waals surface area (Å²) in [4.78, 5) is 15.4. The minimum absolute atomic E-state index is 0.0343. The molecular formula is C23H27F2N3O5S. The lowest BCUT2D eigenvalue weighted by Crippen LogP contribution is -2.47. The lowest BCUT2D eigenvalue weighted by atomic mass is 9.91. The van der Waals surface area contributed by atoms with Crippen molar-refractivity contribution in [2.24, 2.45) is 0 Å². The molecule has 0 spiro atoms. The zero-order valence-corrected chi connectivity index (χ0v) is 19.6. The number of hydrogen-bond acceptors (Lipinski definition) is 7. The molecule has 184 valence electrons. The highest BCUT2D eigenvalue weighted by atomic mass is 32.2. The first-order valence-electron chi connectivity index (χ1n) is 11.2. The third-order valence-electron chi connectivity index (χ3n) is 6.18. The summed E-state index contributed by atoms with van der Waals surface area (Å²) in [5.41, 5.74) is 0.630. The Kier molecular flexibility index (Phi) is 7.32. The van der Waals surface area contributed by atoms with Gasteiger partial charge in [-0.05, 0) is 68.8 Å². The van der Waals surface area contributed by atoms with Crippen molar-refractivity contribution < 1.29 is 31.5 Å². The van der Waals surface area contributed by atoms with Crippen LogP contribution in [0.4, 0.5) is 14.6 Å². The first-order valence-corrected chi connectivity index (χ1v) is 12.7. The van der Waals surface area contributed by atoms with Gasteiger partial charge in [0.1, 0.15) is 35.1 Å². The van der Waals surface area contributed by atoms with Gasteiger partial charge in [-0.15, -0.1) is 0 Å². The van der Waals surface area contributed by atoms with E-state index in [0.29, 0.717) is 17.8 Å². The van der Waals surface area contributed by atoms with Gasteiger partial charge in [-0.2, -0.15) is 4.39 Å². The Hall–Kier alpha value is -2.79. The molecule has 2 atom stereocenters. The number of ether oxygens (including phenoxy) is 2. The van der Waals surface area contributed by atoms with Gasteiger partial charge in [-0.25, -0.2) is 17.8 Å². The van der Waals surface area contributed by atoms with Crippen LogP contribution in [0.25, 0.3) is 0 Å². The molecule has 11 heteroatoms. The monoisotopic (exact) mass is 495 g/mol. The van der Waals surface area contributed by atoms with Gasteiger partial charge in [0.05, 0.1) is 0 Å². The van der Waals surface area contributed by atoms with Crippen LogP contribution in [0.1, 0.15) is 50.0 Å². The molecule has 2 fully saturated rings. The highest BCUT2D eigenvalue weighted by Crippen LogP contribution is 2.46. The van der Waals surface area contributed by atoms with Crippen LogP contribution in [0.2, 0.25) is 0 Å². The van der Waals surface area contributed by atoms with Crippen LogP contribution < -0.4 is 9.46 Å². The number of nitrogens with zero attached hydrogens (tertiary/aromatic N) is 2. The van der Waals surface area contributed by atoms with Crippen LogP contribution in [0.3, 0.4) is 0 Å². The third-order valence-corrected chi connectivity index (χ3v) is 7.55. The standard InChI is InChI=1S/C23H27F2N3O5S/c1-28(13-32-14-29)18-5-2-3-6-19(18)33-20-12-17(24)21(11-16(20)15-9-10-15)34(30,31)27-23-8-4-7-22(25)26-23/h4,7-8,11-12,14-15,18-19H,2-3,5-6,9-10,13H2,1H3,(H,26,27)/t18-,19-/m0/s1. The van der Waals surface area contributed by atoms with E-state index in [1.165, 1.54) is 18.2 Å². The van der Waals surface area contributed by atoms with E-state index >= 15 is 4.39 Å². The molecule has 2 aliphatic rings. The van der Waals surface area contributed by atoms with Gasteiger partial charge in [0.2, 0.25) is 5.95 Å². The molecule has 0 bridgehead atoms. The number of likely N-dealkylation sites (N-methyl/N-ethyl adjacent to an activating group) is 1. The van der Waals surface area contributed by atoms with Crippen LogP contribution >= 0.6 is 0 Å². The molecule has 2 saturated carbocycles. The Morgan fingerprint density at radius 1 is 1.18 bits per heavy atom. The van der Waals surface area contributed by atoms with Gasteiger partial charge in [0, 0.05) is 12.1 Å². The molecule has 1 aromatic heterocycles. The summed E-state index contributed by atoms with van der Waals surface area (Å²) in [5, 5.41) is 0. The molecule has 0 saturated heterocycles. The van der Waals surface area contributed by atoms with Crippen molar-refractivity contribution in [3.63, 3.8) is 0 Å². The lowest BCUT2D eigenvalue weighted by Gasteiger charge is -2.37. The second-order valence-corrected chi connectivity index (χ2v) is 10.4. The second kappa shape index (κ2) is 10.2. The molecule has 0 radical (unpaired) electrons. The number of benzene rings is 1. The molecule has 0 aliphatic heterocycles. The summed E-state index contributed by atoms with van der Waals surface area (Å²) in [6, 6.07) is 6.06. The van der Waals surface area contributed by atoms with Gasteiger partial charge >= 0.3 is 0 Å². The number of rotatable bonds is 10. The number of sulfonamides is 1. The average molecular weight is 496 g/mol. The fraction of sp³-hybridized carbons (Fsp3) is 0.478. The zero-order valence-electron chi connectivity index (χ0n) is 18.7. The summed E-state index contributed by atoms with van der Waals surface area (Å²) in [5.74, 6) is -1.65. The molecule has 1 N–H and O–H groups in total. The molecule has 34 heavy (non-hydrogen) atoms. The topological polar surface area (TPSA) is 97.8 Å². The summed E-state index contributed by atoms with van der Waals surface area (Å²) in [7, 11) is -2.51. The van der Waals surface area contributed by atoms with Gasteiger partial charge in [-0.3, -0.25) is 14.4 Å². The minimum Gasteiger partial charge on any atom is -0.488 e. The first-order chi connectivity index (χ1) is 16.3. The largest absolute Gasteiger partial charge is 0.488 e. The summed E-state index contributed by atoms with van der Waals surface area (Å²) >= 11 is 0. The van der Waals surface area contributed by atoms with Crippen LogP contribution in [0.5, 0.6) is 5.75 Å². The van der Waals surface area contributed by atoms with Crippen molar-refractivity contribution in [3.05, 3.63) is 47.7 Å².